The van der Waals surface area contributed by atoms with Gasteiger partial charge < -0.3 is 29.4 Å². The highest BCUT2D eigenvalue weighted by Gasteiger charge is 2.37. The van der Waals surface area contributed by atoms with Crippen LogP contribution in [-0.4, -0.2) is 46.7 Å². The minimum atomic E-state index is -0.878. The Balaban J connectivity index is 1.55. The first-order valence-corrected chi connectivity index (χ1v) is 17.0. The standard InChI is InChI=1S/C40H48FN3O5/c1-26(2)35-34(37(45)43-30-16-12-9-13-17-30)33(27-14-10-8-11-15-27)36(28-18-20-29(41)21-19-28)44(35)23-22-31-24-32(48-40(6,7)47-31)25-42-38(46)49-39(3,4)5/h8-21,26,31-32H,22-25H2,1-7H3,(H,42,46)(H,43,45)/t31-,32-/m1/s1. The summed E-state index contributed by atoms with van der Waals surface area (Å²) in [7, 11) is 0. The maximum Gasteiger partial charge on any atom is 0.407 e. The number of para-hydroxylation sites is 1. The lowest BCUT2D eigenvalue weighted by Crippen LogP contribution is -2.49. The Bertz CT molecular complexity index is 1730. The summed E-state index contributed by atoms with van der Waals surface area (Å²) in [6.07, 6.45) is 0.158. The monoisotopic (exact) mass is 669 g/mol. The number of nitrogens with zero attached hydrogens (tertiary/aromatic N) is 1. The van der Waals surface area contributed by atoms with E-state index in [1.54, 1.807) is 12.1 Å². The summed E-state index contributed by atoms with van der Waals surface area (Å²) in [5.74, 6) is -1.46. The molecule has 0 saturated carbocycles. The van der Waals surface area contributed by atoms with Gasteiger partial charge in [-0.15, -0.1) is 0 Å². The molecule has 0 spiro atoms. The number of benzene rings is 3. The molecule has 9 heteroatoms. The molecule has 0 radical (unpaired) electrons. The Morgan fingerprint density at radius 2 is 1.53 bits per heavy atom. The van der Waals surface area contributed by atoms with Crippen LogP contribution in [0.4, 0.5) is 14.9 Å². The van der Waals surface area contributed by atoms with E-state index in [-0.39, 0.29) is 36.4 Å². The van der Waals surface area contributed by atoms with Crippen LogP contribution >= 0.6 is 0 Å². The summed E-state index contributed by atoms with van der Waals surface area (Å²) in [5, 5.41) is 5.97. The van der Waals surface area contributed by atoms with Crippen molar-refractivity contribution in [1.82, 2.24) is 9.88 Å². The zero-order valence-electron chi connectivity index (χ0n) is 29.5. The molecule has 2 N–H and O–H groups in total. The number of halogens is 1. The van der Waals surface area contributed by atoms with E-state index >= 15 is 0 Å². The maximum atomic E-state index is 14.4. The number of anilines is 1. The highest BCUT2D eigenvalue weighted by Crippen LogP contribution is 2.43. The number of carbonyl (C=O) groups excluding carboxylic acids is 2. The third-order valence-electron chi connectivity index (χ3n) is 8.26. The number of carbonyl (C=O) groups is 2. The molecule has 3 aromatic carbocycles. The van der Waals surface area contributed by atoms with Crippen molar-refractivity contribution in [1.29, 1.82) is 0 Å². The fourth-order valence-corrected chi connectivity index (χ4v) is 6.51. The molecule has 2 heterocycles. The molecule has 1 saturated heterocycles. The topological polar surface area (TPSA) is 90.8 Å². The molecule has 49 heavy (non-hydrogen) atoms. The van der Waals surface area contributed by atoms with Crippen LogP contribution in [0.25, 0.3) is 22.4 Å². The molecule has 1 aliphatic heterocycles. The fourth-order valence-electron chi connectivity index (χ4n) is 6.51. The number of amides is 2. The van der Waals surface area contributed by atoms with Crippen molar-refractivity contribution < 1.29 is 28.2 Å². The van der Waals surface area contributed by atoms with Crippen molar-refractivity contribution in [3.63, 3.8) is 0 Å². The average molecular weight is 670 g/mol. The molecule has 8 nitrogen and oxygen atoms in total. The quantitative estimate of drug-likeness (QED) is 0.176. The minimum Gasteiger partial charge on any atom is -0.444 e. The number of alkyl carbamates (subject to hydrolysis) is 1. The Labute approximate surface area is 289 Å². The van der Waals surface area contributed by atoms with Crippen LogP contribution in [-0.2, 0) is 20.8 Å². The van der Waals surface area contributed by atoms with Crippen LogP contribution in [0.1, 0.15) is 83.3 Å². The van der Waals surface area contributed by atoms with Crippen molar-refractivity contribution in [3.8, 4) is 22.4 Å². The Morgan fingerprint density at radius 1 is 0.918 bits per heavy atom. The molecule has 2 atom stereocenters. The van der Waals surface area contributed by atoms with Gasteiger partial charge in [0.1, 0.15) is 11.4 Å². The number of rotatable bonds is 10. The first kappa shape index (κ1) is 35.8. The summed E-state index contributed by atoms with van der Waals surface area (Å²) in [5.41, 5.74) is 4.86. The molecule has 1 aromatic heterocycles. The number of aromatic nitrogens is 1. The Hall–Kier alpha value is -4.47. The summed E-state index contributed by atoms with van der Waals surface area (Å²) < 4.78 is 34.5. The molecule has 5 rings (SSSR count). The molecule has 260 valence electrons. The number of ether oxygens (including phenoxy) is 3. The maximum absolute atomic E-state index is 14.4. The summed E-state index contributed by atoms with van der Waals surface area (Å²) in [6.45, 7) is 14.2. The van der Waals surface area contributed by atoms with E-state index in [0.29, 0.717) is 30.6 Å². The summed E-state index contributed by atoms with van der Waals surface area (Å²) in [6, 6.07) is 25.7. The van der Waals surface area contributed by atoms with E-state index in [1.807, 2.05) is 95.3 Å². The number of nitrogens with one attached hydrogen (secondary N) is 2. The van der Waals surface area contributed by atoms with Gasteiger partial charge in [-0.1, -0.05) is 62.4 Å². The third-order valence-corrected chi connectivity index (χ3v) is 8.26. The lowest BCUT2D eigenvalue weighted by Gasteiger charge is -2.41. The van der Waals surface area contributed by atoms with Crippen molar-refractivity contribution in [2.75, 3.05) is 11.9 Å². The highest BCUT2D eigenvalue weighted by atomic mass is 19.1. The second-order valence-electron chi connectivity index (χ2n) is 14.3. The first-order chi connectivity index (χ1) is 23.2. The summed E-state index contributed by atoms with van der Waals surface area (Å²) >= 11 is 0. The molecular formula is C40H48FN3O5. The highest BCUT2D eigenvalue weighted by molar-refractivity contribution is 6.12. The molecular weight excluding hydrogens is 621 g/mol. The van der Waals surface area contributed by atoms with Crippen LogP contribution in [0.15, 0.2) is 84.9 Å². The van der Waals surface area contributed by atoms with E-state index in [1.165, 1.54) is 12.1 Å². The zero-order chi connectivity index (χ0) is 35.3. The largest absolute Gasteiger partial charge is 0.444 e. The van der Waals surface area contributed by atoms with Crippen molar-refractivity contribution in [2.45, 2.75) is 97.4 Å². The average Bonchev–Trinajstić information content (AvgIpc) is 3.38. The van der Waals surface area contributed by atoms with Crippen LogP contribution < -0.4 is 10.6 Å². The number of hydrogen-bond donors (Lipinski definition) is 2. The van der Waals surface area contributed by atoms with Gasteiger partial charge in [0.15, 0.2) is 5.79 Å². The Morgan fingerprint density at radius 3 is 2.14 bits per heavy atom. The van der Waals surface area contributed by atoms with E-state index in [2.05, 4.69) is 29.0 Å². The Kier molecular flexibility index (Phi) is 10.9. The number of hydrogen-bond acceptors (Lipinski definition) is 5. The van der Waals surface area contributed by atoms with Gasteiger partial charge in [0.2, 0.25) is 0 Å². The molecule has 1 fully saturated rings. The predicted molar refractivity (Wildman–Crippen MR) is 191 cm³/mol. The predicted octanol–water partition coefficient (Wildman–Crippen LogP) is 9.16. The minimum absolute atomic E-state index is 0.0361. The van der Waals surface area contributed by atoms with E-state index in [4.69, 9.17) is 14.2 Å². The van der Waals surface area contributed by atoms with Crippen molar-refractivity contribution in [2.24, 2.45) is 0 Å². The van der Waals surface area contributed by atoms with Crippen molar-refractivity contribution >= 4 is 17.7 Å². The molecule has 0 unspecified atom stereocenters. The van der Waals surface area contributed by atoms with Gasteiger partial charge in [0, 0.05) is 36.5 Å². The summed E-state index contributed by atoms with van der Waals surface area (Å²) in [4.78, 5) is 26.8. The van der Waals surface area contributed by atoms with Crippen LogP contribution in [0.3, 0.4) is 0 Å². The smallest absolute Gasteiger partial charge is 0.407 e. The van der Waals surface area contributed by atoms with E-state index in [0.717, 1.165) is 28.1 Å². The second kappa shape index (κ2) is 15.0. The van der Waals surface area contributed by atoms with Crippen molar-refractivity contribution in [3.05, 3.63) is 102 Å². The van der Waals surface area contributed by atoms with Gasteiger partial charge in [-0.2, -0.15) is 0 Å². The van der Waals surface area contributed by atoms with Gasteiger partial charge in [-0.3, -0.25) is 4.79 Å². The molecule has 0 bridgehead atoms. The van der Waals surface area contributed by atoms with Gasteiger partial charge >= 0.3 is 6.09 Å². The van der Waals surface area contributed by atoms with Gasteiger partial charge in [-0.25, -0.2) is 9.18 Å². The normalized spacial score (nSPS) is 17.5. The third kappa shape index (κ3) is 9.16. The van der Waals surface area contributed by atoms with Crippen LogP contribution in [0.5, 0.6) is 0 Å². The van der Waals surface area contributed by atoms with Crippen LogP contribution in [0, 0.1) is 5.82 Å². The van der Waals surface area contributed by atoms with E-state index in [9.17, 15) is 14.0 Å². The first-order valence-electron chi connectivity index (χ1n) is 17.0. The van der Waals surface area contributed by atoms with Gasteiger partial charge in [0.05, 0.1) is 23.5 Å². The molecule has 4 aromatic rings. The zero-order valence-corrected chi connectivity index (χ0v) is 29.5. The second-order valence-corrected chi connectivity index (χ2v) is 14.3. The molecule has 2 amide bonds. The van der Waals surface area contributed by atoms with Gasteiger partial charge in [-0.05, 0) is 94.5 Å². The van der Waals surface area contributed by atoms with Crippen LogP contribution in [0.2, 0.25) is 0 Å². The lowest BCUT2D eigenvalue weighted by atomic mass is 9.94. The molecule has 0 aliphatic carbocycles. The SMILES string of the molecule is CC(C)c1c(C(=O)Nc2ccccc2)c(-c2ccccc2)c(-c2ccc(F)cc2)n1CC[C@@H]1C[C@H](CNC(=O)OC(C)(C)C)OC(C)(C)O1. The van der Waals surface area contributed by atoms with Gasteiger partial charge in [0.25, 0.3) is 5.91 Å². The van der Waals surface area contributed by atoms with E-state index < -0.39 is 17.5 Å². The molecule has 1 aliphatic rings. The lowest BCUT2D eigenvalue weighted by molar-refractivity contribution is -0.299. The fraction of sp³-hybridized carbons (Fsp3) is 0.400.